The Hall–Kier alpha value is -1.29. The molecule has 1 aliphatic rings. The fourth-order valence-electron chi connectivity index (χ4n) is 2.17. The number of anilines is 1. The molecule has 1 saturated heterocycles. The van der Waals surface area contributed by atoms with Crippen LogP contribution in [0.5, 0.6) is 0 Å². The van der Waals surface area contributed by atoms with Crippen molar-refractivity contribution >= 4 is 34.1 Å². The van der Waals surface area contributed by atoms with Gasteiger partial charge in [0.15, 0.2) is 17.7 Å². The number of aliphatic hydroxyl groups is 3. The summed E-state index contributed by atoms with van der Waals surface area (Å²) in [6.07, 6.45) is -1.42. The van der Waals surface area contributed by atoms with Crippen molar-refractivity contribution in [2.24, 2.45) is 0 Å². The van der Waals surface area contributed by atoms with E-state index in [1.165, 1.54) is 17.2 Å². The standard InChI is InChI=1S/C10H13N5O4.Se/c11-8-5-9(13-2-12-8)15(3-14-5)10-7(18)6(17)4(1-16)19-10;/h2-4,6-7,10,16-18H,1H2,(H2,11,12,13);/t4-,6-,7-,10-;/m1./s1. The number of hydrogen-bond acceptors (Lipinski definition) is 8. The van der Waals surface area contributed by atoms with E-state index < -0.39 is 31.1 Å². The van der Waals surface area contributed by atoms with E-state index in [4.69, 9.17) is 15.6 Å². The molecule has 9 nitrogen and oxygen atoms in total. The number of rotatable bonds is 2. The van der Waals surface area contributed by atoms with Gasteiger partial charge >= 0.3 is 0 Å². The topological polar surface area (TPSA) is 140 Å². The Morgan fingerprint density at radius 2 is 2.00 bits per heavy atom. The molecule has 1 aliphatic heterocycles. The van der Waals surface area contributed by atoms with Gasteiger partial charge < -0.3 is 25.8 Å². The number of hydrogen-bond donors (Lipinski definition) is 4. The average molecular weight is 346 g/mol. The molecule has 0 saturated carbocycles. The molecule has 0 aliphatic carbocycles. The quantitative estimate of drug-likeness (QED) is 0.443. The van der Waals surface area contributed by atoms with Gasteiger partial charge in [-0.15, -0.1) is 0 Å². The normalized spacial score (nSPS) is 29.6. The molecule has 0 aromatic carbocycles. The first-order chi connectivity index (χ1) is 9.13. The van der Waals surface area contributed by atoms with Gasteiger partial charge in [-0.2, -0.15) is 0 Å². The fourth-order valence-corrected chi connectivity index (χ4v) is 2.17. The van der Waals surface area contributed by atoms with Gasteiger partial charge in [-0.1, -0.05) is 0 Å². The predicted octanol–water partition coefficient (Wildman–Crippen LogP) is -2.36. The monoisotopic (exact) mass is 347 g/mol. The van der Waals surface area contributed by atoms with Gasteiger partial charge in [0.25, 0.3) is 0 Å². The van der Waals surface area contributed by atoms with E-state index >= 15 is 0 Å². The van der Waals surface area contributed by atoms with Crippen molar-refractivity contribution in [3.05, 3.63) is 12.7 Å². The molecule has 20 heavy (non-hydrogen) atoms. The molecule has 0 bridgehead atoms. The number of aliphatic hydroxyl groups excluding tert-OH is 3. The molecule has 0 unspecified atom stereocenters. The van der Waals surface area contributed by atoms with Crippen LogP contribution in [0.4, 0.5) is 5.82 Å². The van der Waals surface area contributed by atoms with Crippen molar-refractivity contribution < 1.29 is 20.1 Å². The summed E-state index contributed by atoms with van der Waals surface area (Å²) in [5.74, 6) is 0.218. The number of imidazole rings is 1. The Morgan fingerprint density at radius 3 is 2.65 bits per heavy atom. The Bertz CT molecular complexity index is 608. The van der Waals surface area contributed by atoms with Crippen molar-refractivity contribution in [2.75, 3.05) is 12.3 Å². The van der Waals surface area contributed by atoms with Crippen LogP contribution < -0.4 is 5.73 Å². The van der Waals surface area contributed by atoms with E-state index in [9.17, 15) is 10.2 Å². The number of fused-ring (bicyclic) bond motifs is 1. The SMILES string of the molecule is Nc1ncnc2c1ncn2[C@@H]1O[C@H](CO)[C@@H](O)[C@H]1O.[Se]. The van der Waals surface area contributed by atoms with E-state index in [1.54, 1.807) is 0 Å². The minimum absolute atomic E-state index is 0. The van der Waals surface area contributed by atoms with Gasteiger partial charge in [0, 0.05) is 17.1 Å². The second-order valence-corrected chi connectivity index (χ2v) is 4.31. The number of nitrogen functional groups attached to an aromatic ring is 1. The zero-order chi connectivity index (χ0) is 13.6. The number of ether oxygens (including phenoxy) is 1. The van der Waals surface area contributed by atoms with Gasteiger partial charge in [0.1, 0.15) is 30.2 Å². The molecule has 10 heteroatoms. The van der Waals surface area contributed by atoms with Crippen LogP contribution in [0.25, 0.3) is 11.2 Å². The van der Waals surface area contributed by atoms with Gasteiger partial charge in [-0.05, 0) is 0 Å². The summed E-state index contributed by atoms with van der Waals surface area (Å²) in [5, 5.41) is 28.7. The summed E-state index contributed by atoms with van der Waals surface area (Å²) in [5.41, 5.74) is 6.44. The van der Waals surface area contributed by atoms with E-state index in [-0.39, 0.29) is 22.9 Å². The van der Waals surface area contributed by atoms with Crippen LogP contribution in [0.2, 0.25) is 0 Å². The summed E-state index contributed by atoms with van der Waals surface area (Å²) in [6.45, 7) is -0.390. The molecule has 108 valence electrons. The molecule has 0 amide bonds. The van der Waals surface area contributed by atoms with E-state index in [0.29, 0.717) is 11.2 Å². The van der Waals surface area contributed by atoms with Crippen molar-refractivity contribution in [3.63, 3.8) is 0 Å². The smallest absolute Gasteiger partial charge is 0.167 e. The first-order valence-electron chi connectivity index (χ1n) is 5.69. The second-order valence-electron chi connectivity index (χ2n) is 4.31. The zero-order valence-electron chi connectivity index (χ0n) is 10.2. The number of aromatic nitrogens is 4. The summed E-state index contributed by atoms with van der Waals surface area (Å²) >= 11 is 0. The van der Waals surface area contributed by atoms with Crippen molar-refractivity contribution in [3.8, 4) is 0 Å². The molecule has 2 aromatic heterocycles. The van der Waals surface area contributed by atoms with Crippen LogP contribution in [0, 0.1) is 0 Å². The molecule has 3 heterocycles. The molecular weight excluding hydrogens is 333 g/mol. The Balaban J connectivity index is 0.00000147. The first kappa shape index (κ1) is 15.1. The third-order valence-electron chi connectivity index (χ3n) is 3.18. The summed E-state index contributed by atoms with van der Waals surface area (Å²) in [6, 6.07) is 0. The molecule has 3 rings (SSSR count). The third-order valence-corrected chi connectivity index (χ3v) is 3.18. The maximum absolute atomic E-state index is 9.95. The van der Waals surface area contributed by atoms with E-state index in [2.05, 4.69) is 15.0 Å². The Kier molecular flexibility index (Phi) is 4.23. The maximum atomic E-state index is 9.95. The predicted molar refractivity (Wildman–Crippen MR) is 68.5 cm³/mol. The minimum atomic E-state index is -1.19. The summed E-state index contributed by atoms with van der Waals surface area (Å²) < 4.78 is 6.85. The van der Waals surface area contributed by atoms with Gasteiger partial charge in [0.2, 0.25) is 0 Å². The van der Waals surface area contributed by atoms with Crippen molar-refractivity contribution in [2.45, 2.75) is 24.5 Å². The molecule has 2 radical (unpaired) electrons. The molecule has 4 atom stereocenters. The summed E-state index contributed by atoms with van der Waals surface area (Å²) in [4.78, 5) is 11.9. The minimum Gasteiger partial charge on any atom is -0.394 e. The van der Waals surface area contributed by atoms with Crippen LogP contribution in [-0.2, 0) is 4.74 Å². The van der Waals surface area contributed by atoms with Crippen molar-refractivity contribution in [1.29, 1.82) is 0 Å². The third kappa shape index (κ3) is 2.16. The summed E-state index contributed by atoms with van der Waals surface area (Å²) in [7, 11) is 0. The van der Waals surface area contributed by atoms with Crippen LogP contribution in [0.1, 0.15) is 6.23 Å². The van der Waals surface area contributed by atoms with E-state index in [0.717, 1.165) is 0 Å². The van der Waals surface area contributed by atoms with Crippen LogP contribution in [-0.4, -0.2) is 76.8 Å². The number of nitrogens with two attached hydrogens (primary N) is 1. The Morgan fingerprint density at radius 1 is 1.25 bits per heavy atom. The van der Waals surface area contributed by atoms with Crippen LogP contribution >= 0.6 is 0 Å². The van der Waals surface area contributed by atoms with Crippen LogP contribution in [0.15, 0.2) is 12.7 Å². The molecule has 0 spiro atoms. The molecule has 5 N–H and O–H groups in total. The average Bonchev–Trinajstić information content (AvgIpc) is 2.94. The second kappa shape index (κ2) is 5.60. The molecule has 1 fully saturated rings. The van der Waals surface area contributed by atoms with Crippen LogP contribution in [0.3, 0.4) is 0 Å². The number of nitrogens with zero attached hydrogens (tertiary/aromatic N) is 4. The molecule has 2 aromatic rings. The van der Waals surface area contributed by atoms with Crippen molar-refractivity contribution in [1.82, 2.24) is 19.5 Å². The zero-order valence-corrected chi connectivity index (χ0v) is 11.9. The van der Waals surface area contributed by atoms with Gasteiger partial charge in [-0.3, -0.25) is 4.57 Å². The van der Waals surface area contributed by atoms with Gasteiger partial charge in [0.05, 0.1) is 12.9 Å². The largest absolute Gasteiger partial charge is 0.394 e. The Labute approximate surface area is 123 Å². The maximum Gasteiger partial charge on any atom is 0.167 e. The molecular formula is C10H13N5O4Se. The fraction of sp³-hybridized carbons (Fsp3) is 0.500. The van der Waals surface area contributed by atoms with Gasteiger partial charge in [-0.25, -0.2) is 15.0 Å². The first-order valence-corrected chi connectivity index (χ1v) is 5.69. The van der Waals surface area contributed by atoms with E-state index in [1.807, 2.05) is 0 Å².